The third kappa shape index (κ3) is 1.58. The zero-order chi connectivity index (χ0) is 13.7. The van der Waals surface area contributed by atoms with E-state index >= 15 is 0 Å². The average molecular weight is 260 g/mol. The molecule has 0 unspecified atom stereocenters. The standard InChI is InChI=1S/C18H16N2/c1-13-3-6-15(7-4-13)16-11-18-17-8-5-14(2)20(17)10-9-19(18)12-16/h3-12H,1-2H3. The van der Waals surface area contributed by atoms with Crippen LogP contribution in [0, 0.1) is 13.8 Å². The quantitative estimate of drug-likeness (QED) is 0.477. The Morgan fingerprint density at radius 3 is 2.35 bits per heavy atom. The van der Waals surface area contributed by atoms with Gasteiger partial charge in [-0.3, -0.25) is 0 Å². The van der Waals surface area contributed by atoms with E-state index in [1.807, 2.05) is 0 Å². The number of fused-ring (bicyclic) bond motifs is 3. The molecular weight excluding hydrogens is 244 g/mol. The Hall–Kier alpha value is -2.48. The minimum absolute atomic E-state index is 1.25. The second-order valence-electron chi connectivity index (χ2n) is 5.42. The van der Waals surface area contributed by atoms with Gasteiger partial charge in [-0.2, -0.15) is 0 Å². The summed E-state index contributed by atoms with van der Waals surface area (Å²) in [5.74, 6) is 0. The van der Waals surface area contributed by atoms with Crippen molar-refractivity contribution in [2.24, 2.45) is 0 Å². The van der Waals surface area contributed by atoms with Crippen molar-refractivity contribution in [2.75, 3.05) is 0 Å². The van der Waals surface area contributed by atoms with Crippen LogP contribution >= 0.6 is 0 Å². The summed E-state index contributed by atoms with van der Waals surface area (Å²) < 4.78 is 4.43. The van der Waals surface area contributed by atoms with Gasteiger partial charge in [-0.25, -0.2) is 0 Å². The number of nitrogens with zero attached hydrogens (tertiary/aromatic N) is 2. The largest absolute Gasteiger partial charge is 0.320 e. The molecule has 0 saturated heterocycles. The molecular formula is C18H16N2. The summed E-state index contributed by atoms with van der Waals surface area (Å²) in [6.45, 7) is 4.25. The Morgan fingerprint density at radius 1 is 0.750 bits per heavy atom. The molecule has 0 atom stereocenters. The highest BCUT2D eigenvalue weighted by Crippen LogP contribution is 2.26. The molecule has 1 aromatic carbocycles. The van der Waals surface area contributed by atoms with Crippen LogP contribution < -0.4 is 0 Å². The maximum Gasteiger partial charge on any atom is 0.0699 e. The summed E-state index contributed by atoms with van der Waals surface area (Å²) in [6.07, 6.45) is 6.44. The van der Waals surface area contributed by atoms with Crippen LogP contribution in [0.1, 0.15) is 11.3 Å². The monoisotopic (exact) mass is 260 g/mol. The smallest absolute Gasteiger partial charge is 0.0699 e. The first-order valence-electron chi connectivity index (χ1n) is 6.88. The van der Waals surface area contributed by atoms with E-state index in [1.54, 1.807) is 0 Å². The van der Waals surface area contributed by atoms with Crippen LogP contribution in [0.4, 0.5) is 0 Å². The third-order valence-electron chi connectivity index (χ3n) is 3.99. The Bertz CT molecular complexity index is 908. The zero-order valence-corrected chi connectivity index (χ0v) is 11.7. The van der Waals surface area contributed by atoms with Crippen molar-refractivity contribution in [3.8, 4) is 11.1 Å². The van der Waals surface area contributed by atoms with Gasteiger partial charge in [0.1, 0.15) is 0 Å². The number of rotatable bonds is 1. The van der Waals surface area contributed by atoms with Crippen molar-refractivity contribution < 1.29 is 0 Å². The maximum absolute atomic E-state index is 2.26. The molecule has 4 rings (SSSR count). The predicted octanol–water partition coefficient (Wildman–Crippen LogP) is 4.48. The molecule has 20 heavy (non-hydrogen) atoms. The number of hydrogen-bond donors (Lipinski definition) is 0. The van der Waals surface area contributed by atoms with Crippen LogP contribution in [0.2, 0.25) is 0 Å². The van der Waals surface area contributed by atoms with Gasteiger partial charge in [-0.15, -0.1) is 0 Å². The molecule has 0 N–H and O–H groups in total. The molecule has 0 amide bonds. The Kier molecular flexibility index (Phi) is 2.27. The van der Waals surface area contributed by atoms with E-state index in [0.29, 0.717) is 0 Å². The van der Waals surface area contributed by atoms with E-state index in [2.05, 4.69) is 83.7 Å². The van der Waals surface area contributed by atoms with Gasteiger partial charge < -0.3 is 8.80 Å². The van der Waals surface area contributed by atoms with Crippen molar-refractivity contribution in [3.05, 3.63) is 72.3 Å². The highest BCUT2D eigenvalue weighted by molar-refractivity contribution is 5.82. The summed E-state index contributed by atoms with van der Waals surface area (Å²) in [6, 6.07) is 15.3. The molecule has 0 bridgehead atoms. The number of aryl methyl sites for hydroxylation is 2. The van der Waals surface area contributed by atoms with E-state index < -0.39 is 0 Å². The molecule has 2 heteroatoms. The van der Waals surface area contributed by atoms with E-state index in [9.17, 15) is 0 Å². The van der Waals surface area contributed by atoms with Gasteiger partial charge >= 0.3 is 0 Å². The van der Waals surface area contributed by atoms with Gasteiger partial charge in [0, 0.05) is 29.8 Å². The van der Waals surface area contributed by atoms with Gasteiger partial charge in [0.05, 0.1) is 11.0 Å². The van der Waals surface area contributed by atoms with E-state index in [1.165, 1.54) is 33.4 Å². The molecule has 0 saturated carbocycles. The zero-order valence-electron chi connectivity index (χ0n) is 11.7. The molecule has 2 nitrogen and oxygen atoms in total. The van der Waals surface area contributed by atoms with E-state index in [0.717, 1.165) is 0 Å². The summed E-state index contributed by atoms with van der Waals surface area (Å²) >= 11 is 0. The molecule has 3 heterocycles. The Labute approximate surface area is 117 Å². The second kappa shape index (κ2) is 4.01. The normalized spacial score (nSPS) is 11.5. The lowest BCUT2D eigenvalue weighted by atomic mass is 10.1. The molecule has 0 radical (unpaired) electrons. The van der Waals surface area contributed by atoms with Gasteiger partial charge in [0.2, 0.25) is 0 Å². The topological polar surface area (TPSA) is 8.82 Å². The number of benzene rings is 1. The fourth-order valence-corrected chi connectivity index (χ4v) is 2.81. The first-order chi connectivity index (χ1) is 9.72. The SMILES string of the molecule is Cc1ccc(-c2cc3c4ccc(C)n4ccn3c2)cc1. The molecule has 0 aliphatic carbocycles. The van der Waals surface area contributed by atoms with Crippen LogP contribution in [0.25, 0.3) is 22.2 Å². The fourth-order valence-electron chi connectivity index (χ4n) is 2.81. The lowest BCUT2D eigenvalue weighted by Crippen LogP contribution is -1.90. The van der Waals surface area contributed by atoms with Gasteiger partial charge in [-0.05, 0) is 37.6 Å². The molecule has 3 aromatic heterocycles. The molecule has 0 aliphatic heterocycles. The molecule has 0 spiro atoms. The second-order valence-corrected chi connectivity index (χ2v) is 5.42. The van der Waals surface area contributed by atoms with Crippen molar-refractivity contribution in [3.63, 3.8) is 0 Å². The first-order valence-corrected chi connectivity index (χ1v) is 6.88. The number of aromatic nitrogens is 2. The average Bonchev–Trinajstić information content (AvgIpc) is 3.03. The molecule has 98 valence electrons. The highest BCUT2D eigenvalue weighted by atomic mass is 15.0. The van der Waals surface area contributed by atoms with Crippen LogP contribution in [0.3, 0.4) is 0 Å². The first kappa shape index (κ1) is 11.4. The van der Waals surface area contributed by atoms with E-state index in [4.69, 9.17) is 0 Å². The Balaban J connectivity index is 1.98. The summed E-state index contributed by atoms with van der Waals surface area (Å²) in [4.78, 5) is 0. The molecule has 4 aromatic rings. The van der Waals surface area contributed by atoms with Crippen molar-refractivity contribution in [1.29, 1.82) is 0 Å². The lowest BCUT2D eigenvalue weighted by molar-refractivity contribution is 1.06. The van der Waals surface area contributed by atoms with Gasteiger partial charge in [0.15, 0.2) is 0 Å². The fraction of sp³-hybridized carbons (Fsp3) is 0.111. The highest BCUT2D eigenvalue weighted by Gasteiger charge is 2.06. The Morgan fingerprint density at radius 2 is 1.55 bits per heavy atom. The predicted molar refractivity (Wildman–Crippen MR) is 83.3 cm³/mol. The minimum atomic E-state index is 1.25. The van der Waals surface area contributed by atoms with Crippen LogP contribution in [0.15, 0.2) is 61.1 Å². The minimum Gasteiger partial charge on any atom is -0.320 e. The van der Waals surface area contributed by atoms with E-state index in [-0.39, 0.29) is 0 Å². The van der Waals surface area contributed by atoms with Gasteiger partial charge in [0.25, 0.3) is 0 Å². The lowest BCUT2D eigenvalue weighted by Gasteiger charge is -2.00. The number of hydrogen-bond acceptors (Lipinski definition) is 0. The third-order valence-corrected chi connectivity index (χ3v) is 3.99. The van der Waals surface area contributed by atoms with Crippen molar-refractivity contribution in [2.45, 2.75) is 13.8 Å². The van der Waals surface area contributed by atoms with Crippen molar-refractivity contribution >= 4 is 11.0 Å². The maximum atomic E-state index is 2.26. The summed E-state index contributed by atoms with van der Waals surface area (Å²) in [5, 5.41) is 0. The molecule has 0 fully saturated rings. The van der Waals surface area contributed by atoms with Crippen LogP contribution in [-0.4, -0.2) is 8.80 Å². The summed E-state index contributed by atoms with van der Waals surface area (Å²) in [5.41, 5.74) is 7.58. The summed E-state index contributed by atoms with van der Waals surface area (Å²) in [7, 11) is 0. The van der Waals surface area contributed by atoms with Crippen LogP contribution in [0.5, 0.6) is 0 Å². The van der Waals surface area contributed by atoms with Crippen molar-refractivity contribution in [1.82, 2.24) is 8.80 Å². The van der Waals surface area contributed by atoms with Gasteiger partial charge in [-0.1, -0.05) is 29.8 Å². The molecule has 0 aliphatic rings. The van der Waals surface area contributed by atoms with Crippen LogP contribution in [-0.2, 0) is 0 Å².